The van der Waals surface area contributed by atoms with Crippen LogP contribution < -0.4 is 4.74 Å². The molecule has 0 bridgehead atoms. The maximum Gasteiger partial charge on any atom is 0.123 e. The van der Waals surface area contributed by atoms with E-state index >= 15 is 0 Å². The Bertz CT molecular complexity index is 403. The van der Waals surface area contributed by atoms with Gasteiger partial charge in [-0.2, -0.15) is 0 Å². The number of hydrogen-bond donors (Lipinski definition) is 0. The van der Waals surface area contributed by atoms with Crippen LogP contribution in [0.3, 0.4) is 0 Å². The van der Waals surface area contributed by atoms with Crippen molar-refractivity contribution in [3.8, 4) is 5.75 Å². The van der Waals surface area contributed by atoms with Crippen LogP contribution in [0.4, 0.5) is 0 Å². The summed E-state index contributed by atoms with van der Waals surface area (Å²) in [7, 11) is 0. The van der Waals surface area contributed by atoms with Crippen LogP contribution >= 0.6 is 15.9 Å². The highest BCUT2D eigenvalue weighted by Crippen LogP contribution is 2.48. The second kappa shape index (κ2) is 4.62. The molecule has 1 saturated carbocycles. The fourth-order valence-electron chi connectivity index (χ4n) is 2.50. The minimum atomic E-state index is 0.555. The lowest BCUT2D eigenvalue weighted by Gasteiger charge is -2.24. The van der Waals surface area contributed by atoms with Crippen molar-refractivity contribution < 1.29 is 4.74 Å². The monoisotopic (exact) mass is 295 g/mol. The van der Waals surface area contributed by atoms with E-state index in [2.05, 4.69) is 45.1 Å². The van der Waals surface area contributed by atoms with Gasteiger partial charge in [-0.1, -0.05) is 34.1 Å². The Labute approximate surface area is 111 Å². The van der Waals surface area contributed by atoms with Crippen LogP contribution in [-0.2, 0) is 6.54 Å². The molecule has 3 heteroatoms. The first kappa shape index (κ1) is 11.5. The molecular formula is C14H18BrNO. The SMILES string of the molecule is BrCC1(CN2CCOc3ccccc3C2)CC1. The molecule has 0 unspecified atom stereocenters. The van der Waals surface area contributed by atoms with Gasteiger partial charge >= 0.3 is 0 Å². The number of alkyl halides is 1. The maximum atomic E-state index is 5.79. The van der Waals surface area contributed by atoms with E-state index in [-0.39, 0.29) is 0 Å². The van der Waals surface area contributed by atoms with Crippen LogP contribution in [0.25, 0.3) is 0 Å². The zero-order chi connectivity index (χ0) is 11.7. The smallest absolute Gasteiger partial charge is 0.123 e. The van der Waals surface area contributed by atoms with Gasteiger partial charge in [0.15, 0.2) is 0 Å². The number of para-hydroxylation sites is 1. The van der Waals surface area contributed by atoms with Gasteiger partial charge in [-0.15, -0.1) is 0 Å². The molecule has 17 heavy (non-hydrogen) atoms. The topological polar surface area (TPSA) is 12.5 Å². The summed E-state index contributed by atoms with van der Waals surface area (Å²) in [5.41, 5.74) is 1.88. The fraction of sp³-hybridized carbons (Fsp3) is 0.571. The predicted octanol–water partition coefficient (Wildman–Crippen LogP) is 3.06. The van der Waals surface area contributed by atoms with E-state index in [0.717, 1.165) is 30.8 Å². The molecule has 1 aliphatic heterocycles. The van der Waals surface area contributed by atoms with Crippen molar-refractivity contribution in [3.63, 3.8) is 0 Å². The molecule has 92 valence electrons. The average Bonchev–Trinajstić information content (AvgIpc) is 3.13. The van der Waals surface area contributed by atoms with E-state index in [1.54, 1.807) is 0 Å². The van der Waals surface area contributed by atoms with Gasteiger partial charge in [-0.3, -0.25) is 4.90 Å². The van der Waals surface area contributed by atoms with Gasteiger partial charge in [0.2, 0.25) is 0 Å². The Morgan fingerprint density at radius 3 is 2.88 bits per heavy atom. The lowest BCUT2D eigenvalue weighted by atomic mass is 10.1. The molecule has 0 saturated heterocycles. The highest BCUT2D eigenvalue weighted by atomic mass is 79.9. The van der Waals surface area contributed by atoms with Crippen molar-refractivity contribution in [1.29, 1.82) is 0 Å². The molecule has 3 rings (SSSR count). The summed E-state index contributed by atoms with van der Waals surface area (Å²) in [6, 6.07) is 8.41. The van der Waals surface area contributed by atoms with Crippen molar-refractivity contribution in [1.82, 2.24) is 4.90 Å². The first-order chi connectivity index (χ1) is 8.31. The number of nitrogens with zero attached hydrogens (tertiary/aromatic N) is 1. The van der Waals surface area contributed by atoms with E-state index in [9.17, 15) is 0 Å². The zero-order valence-electron chi connectivity index (χ0n) is 9.99. The summed E-state index contributed by atoms with van der Waals surface area (Å²) >= 11 is 3.65. The van der Waals surface area contributed by atoms with Gasteiger partial charge in [0, 0.05) is 30.5 Å². The number of hydrogen-bond acceptors (Lipinski definition) is 2. The molecule has 0 amide bonds. The van der Waals surface area contributed by atoms with Gasteiger partial charge in [-0.25, -0.2) is 0 Å². The minimum Gasteiger partial charge on any atom is -0.492 e. The summed E-state index contributed by atoms with van der Waals surface area (Å²) in [5.74, 6) is 1.07. The zero-order valence-corrected chi connectivity index (χ0v) is 11.6. The van der Waals surface area contributed by atoms with Gasteiger partial charge in [0.05, 0.1) is 0 Å². The largest absolute Gasteiger partial charge is 0.492 e. The van der Waals surface area contributed by atoms with E-state index in [1.807, 2.05) is 0 Å². The maximum absolute atomic E-state index is 5.79. The Balaban J connectivity index is 1.72. The molecule has 1 aromatic rings. The second-order valence-electron chi connectivity index (χ2n) is 5.30. The van der Waals surface area contributed by atoms with Gasteiger partial charge < -0.3 is 4.74 Å². The summed E-state index contributed by atoms with van der Waals surface area (Å²) in [5, 5.41) is 1.14. The fourth-order valence-corrected chi connectivity index (χ4v) is 3.24. The molecule has 0 atom stereocenters. The van der Waals surface area contributed by atoms with Crippen LogP contribution in [0.5, 0.6) is 5.75 Å². The molecular weight excluding hydrogens is 278 g/mol. The molecule has 0 radical (unpaired) electrons. The van der Waals surface area contributed by atoms with Crippen molar-refractivity contribution in [3.05, 3.63) is 29.8 Å². The first-order valence-electron chi connectivity index (χ1n) is 6.30. The molecule has 2 aliphatic rings. The number of ether oxygens (including phenoxy) is 1. The minimum absolute atomic E-state index is 0.555. The number of fused-ring (bicyclic) bond motifs is 1. The third-order valence-electron chi connectivity index (χ3n) is 3.83. The number of halogens is 1. The quantitative estimate of drug-likeness (QED) is 0.795. The van der Waals surface area contributed by atoms with Gasteiger partial charge in [0.25, 0.3) is 0 Å². The second-order valence-corrected chi connectivity index (χ2v) is 5.86. The lowest BCUT2D eigenvalue weighted by molar-refractivity contribution is 0.198. The molecule has 1 aliphatic carbocycles. The van der Waals surface area contributed by atoms with E-state index in [0.29, 0.717) is 5.41 Å². The molecule has 1 aromatic carbocycles. The summed E-state index contributed by atoms with van der Waals surface area (Å²) in [6.45, 7) is 4.10. The van der Waals surface area contributed by atoms with Gasteiger partial charge in [0.1, 0.15) is 12.4 Å². The van der Waals surface area contributed by atoms with Crippen LogP contribution in [-0.4, -0.2) is 29.9 Å². The average molecular weight is 296 g/mol. The van der Waals surface area contributed by atoms with Crippen LogP contribution in [0, 0.1) is 5.41 Å². The van der Waals surface area contributed by atoms with Crippen LogP contribution in [0.2, 0.25) is 0 Å². The standard InChI is InChI=1S/C14H18BrNO/c15-10-14(5-6-14)11-16-7-8-17-13-4-2-1-3-12(13)9-16/h1-4H,5-11H2. The molecule has 0 N–H and O–H groups in total. The predicted molar refractivity (Wildman–Crippen MR) is 72.7 cm³/mol. The van der Waals surface area contributed by atoms with Crippen LogP contribution in [0.1, 0.15) is 18.4 Å². The summed E-state index contributed by atoms with van der Waals surface area (Å²) in [4.78, 5) is 2.54. The Morgan fingerprint density at radius 2 is 2.12 bits per heavy atom. The summed E-state index contributed by atoms with van der Waals surface area (Å²) in [6.07, 6.45) is 2.74. The Kier molecular flexibility index (Phi) is 3.14. The Morgan fingerprint density at radius 1 is 1.29 bits per heavy atom. The number of rotatable bonds is 3. The molecule has 1 fully saturated rings. The first-order valence-corrected chi connectivity index (χ1v) is 7.43. The van der Waals surface area contributed by atoms with Gasteiger partial charge in [-0.05, 0) is 24.3 Å². The molecule has 0 spiro atoms. The molecule has 0 aromatic heterocycles. The van der Waals surface area contributed by atoms with E-state index in [4.69, 9.17) is 4.74 Å². The van der Waals surface area contributed by atoms with E-state index in [1.165, 1.54) is 24.9 Å². The van der Waals surface area contributed by atoms with Crippen molar-refractivity contribution in [2.45, 2.75) is 19.4 Å². The molecule has 2 nitrogen and oxygen atoms in total. The Hall–Kier alpha value is -0.540. The van der Waals surface area contributed by atoms with E-state index < -0.39 is 0 Å². The summed E-state index contributed by atoms with van der Waals surface area (Å²) < 4.78 is 5.79. The third kappa shape index (κ3) is 2.50. The normalized spacial score (nSPS) is 22.4. The third-order valence-corrected chi connectivity index (χ3v) is 5.02. The lowest BCUT2D eigenvalue weighted by Crippen LogP contribution is -2.32. The number of benzene rings is 1. The molecule has 1 heterocycles. The van der Waals surface area contributed by atoms with Crippen molar-refractivity contribution in [2.75, 3.05) is 25.0 Å². The van der Waals surface area contributed by atoms with Crippen molar-refractivity contribution >= 4 is 15.9 Å². The highest BCUT2D eigenvalue weighted by molar-refractivity contribution is 9.09. The highest BCUT2D eigenvalue weighted by Gasteiger charge is 2.42. The van der Waals surface area contributed by atoms with Crippen LogP contribution in [0.15, 0.2) is 24.3 Å². The van der Waals surface area contributed by atoms with Crippen molar-refractivity contribution in [2.24, 2.45) is 5.41 Å².